The molecule has 1 aliphatic rings. The van der Waals surface area contributed by atoms with Gasteiger partial charge in [-0.1, -0.05) is 24.4 Å². The van der Waals surface area contributed by atoms with Crippen molar-refractivity contribution in [2.75, 3.05) is 25.5 Å². The average molecular weight is 311 g/mol. The number of nitrogens with zero attached hydrogens (tertiary/aromatic N) is 1. The Balaban J connectivity index is 2.02. The maximum Gasteiger partial charge on any atom is 0.244 e. The van der Waals surface area contributed by atoms with Crippen molar-refractivity contribution in [3.05, 3.63) is 23.2 Å². The number of methoxy groups -OCH3 is 1. The van der Waals surface area contributed by atoms with Crippen LogP contribution in [0.4, 0.5) is 5.69 Å². The summed E-state index contributed by atoms with van der Waals surface area (Å²) in [7, 11) is 1.61. The Labute approximate surface area is 131 Å². The van der Waals surface area contributed by atoms with Gasteiger partial charge in [-0.3, -0.25) is 4.79 Å². The highest BCUT2D eigenvalue weighted by Gasteiger charge is 2.21. The first-order valence-electron chi connectivity index (χ1n) is 7.50. The maximum atomic E-state index is 12.5. The molecule has 1 atom stereocenters. The number of rotatable bonds is 4. The minimum Gasteiger partial charge on any atom is -0.497 e. The number of carbonyl (C=O) groups excluding carboxylic acids is 1. The summed E-state index contributed by atoms with van der Waals surface area (Å²) < 4.78 is 5.19. The quantitative estimate of drug-likeness (QED) is 0.924. The van der Waals surface area contributed by atoms with E-state index >= 15 is 0 Å². The van der Waals surface area contributed by atoms with Gasteiger partial charge in [0.05, 0.1) is 17.8 Å². The number of hydrogen-bond acceptors (Lipinski definition) is 3. The molecule has 21 heavy (non-hydrogen) atoms. The molecular weight excluding hydrogens is 288 g/mol. The predicted octanol–water partition coefficient (Wildman–Crippen LogP) is 3.55. The fraction of sp³-hybridized carbons (Fsp3) is 0.562. The Morgan fingerprint density at radius 1 is 1.29 bits per heavy atom. The molecule has 1 heterocycles. The lowest BCUT2D eigenvalue weighted by molar-refractivity contribution is -0.131. The molecule has 4 nitrogen and oxygen atoms in total. The van der Waals surface area contributed by atoms with Crippen molar-refractivity contribution in [2.24, 2.45) is 0 Å². The van der Waals surface area contributed by atoms with Crippen LogP contribution in [0.1, 0.15) is 32.6 Å². The second kappa shape index (κ2) is 7.55. The summed E-state index contributed by atoms with van der Waals surface area (Å²) in [6.07, 6.45) is 4.62. The first-order valence-corrected chi connectivity index (χ1v) is 7.88. The maximum absolute atomic E-state index is 12.5. The number of likely N-dealkylation sites (tertiary alicyclic amines) is 1. The molecule has 2 rings (SSSR count). The van der Waals surface area contributed by atoms with E-state index in [1.165, 1.54) is 12.8 Å². The van der Waals surface area contributed by atoms with E-state index in [0.29, 0.717) is 5.02 Å². The Bertz CT molecular complexity index is 485. The van der Waals surface area contributed by atoms with Crippen LogP contribution in [0.5, 0.6) is 5.75 Å². The van der Waals surface area contributed by atoms with Crippen LogP contribution in [0.25, 0.3) is 0 Å². The molecule has 1 saturated heterocycles. The number of anilines is 1. The summed E-state index contributed by atoms with van der Waals surface area (Å²) in [4.78, 5) is 14.5. The van der Waals surface area contributed by atoms with Gasteiger partial charge in [0, 0.05) is 19.2 Å². The molecular formula is C16H23ClN2O2. The fourth-order valence-corrected chi connectivity index (χ4v) is 2.77. The lowest BCUT2D eigenvalue weighted by Gasteiger charge is -2.25. The van der Waals surface area contributed by atoms with Gasteiger partial charge in [-0.2, -0.15) is 0 Å². The van der Waals surface area contributed by atoms with Gasteiger partial charge in [-0.25, -0.2) is 0 Å². The molecule has 1 aliphatic heterocycles. The molecule has 0 radical (unpaired) electrons. The molecule has 0 bridgehead atoms. The molecule has 1 aromatic carbocycles. The molecule has 5 heteroatoms. The zero-order valence-electron chi connectivity index (χ0n) is 12.7. The smallest absolute Gasteiger partial charge is 0.244 e. The summed E-state index contributed by atoms with van der Waals surface area (Å²) in [5, 5.41) is 3.79. The van der Waals surface area contributed by atoms with E-state index < -0.39 is 0 Å². The Morgan fingerprint density at radius 3 is 2.57 bits per heavy atom. The van der Waals surface area contributed by atoms with Crippen molar-refractivity contribution < 1.29 is 9.53 Å². The van der Waals surface area contributed by atoms with Gasteiger partial charge in [-0.15, -0.1) is 0 Å². The molecule has 1 aromatic rings. The van der Waals surface area contributed by atoms with E-state index in [1.54, 1.807) is 19.2 Å². The third kappa shape index (κ3) is 4.27. The molecule has 1 fully saturated rings. The lowest BCUT2D eigenvalue weighted by atomic mass is 10.2. The number of nitrogens with one attached hydrogen (secondary N) is 1. The van der Waals surface area contributed by atoms with E-state index in [9.17, 15) is 4.79 Å². The normalized spacial score (nSPS) is 17.0. The van der Waals surface area contributed by atoms with Gasteiger partial charge in [0.2, 0.25) is 5.91 Å². The number of hydrogen-bond donors (Lipinski definition) is 1. The largest absolute Gasteiger partial charge is 0.497 e. The SMILES string of the molecule is COc1ccc(Cl)c(NC(C)C(=O)N2CCCCCC2)c1. The Hall–Kier alpha value is -1.42. The van der Waals surface area contributed by atoms with E-state index in [-0.39, 0.29) is 11.9 Å². The molecule has 1 amide bonds. The van der Waals surface area contributed by atoms with Crippen LogP contribution in [0.15, 0.2) is 18.2 Å². The highest BCUT2D eigenvalue weighted by atomic mass is 35.5. The van der Waals surface area contributed by atoms with Crippen molar-refractivity contribution in [3.8, 4) is 5.75 Å². The predicted molar refractivity (Wildman–Crippen MR) is 86.1 cm³/mol. The van der Waals surface area contributed by atoms with Crippen molar-refractivity contribution in [1.29, 1.82) is 0 Å². The Morgan fingerprint density at radius 2 is 1.95 bits per heavy atom. The lowest BCUT2D eigenvalue weighted by Crippen LogP contribution is -2.41. The second-order valence-corrected chi connectivity index (χ2v) is 5.86. The summed E-state index contributed by atoms with van der Waals surface area (Å²) in [5.74, 6) is 0.854. The third-order valence-corrected chi connectivity index (χ3v) is 4.16. The molecule has 1 N–H and O–H groups in total. The molecule has 0 spiro atoms. The van der Waals surface area contributed by atoms with Crippen LogP contribution in [0, 0.1) is 0 Å². The van der Waals surface area contributed by atoms with Gasteiger partial charge in [0.15, 0.2) is 0 Å². The highest BCUT2D eigenvalue weighted by molar-refractivity contribution is 6.33. The number of ether oxygens (including phenoxy) is 1. The monoisotopic (exact) mass is 310 g/mol. The van der Waals surface area contributed by atoms with Gasteiger partial charge in [0.25, 0.3) is 0 Å². The second-order valence-electron chi connectivity index (χ2n) is 5.45. The third-order valence-electron chi connectivity index (χ3n) is 3.83. The van der Waals surface area contributed by atoms with Crippen LogP contribution < -0.4 is 10.1 Å². The highest BCUT2D eigenvalue weighted by Crippen LogP contribution is 2.27. The van der Waals surface area contributed by atoms with Gasteiger partial charge < -0.3 is 15.0 Å². The standard InChI is InChI=1S/C16H23ClN2O2/c1-12(16(20)19-9-5-3-4-6-10-19)18-15-11-13(21-2)7-8-14(15)17/h7-8,11-12,18H,3-6,9-10H2,1-2H3. The van der Waals surface area contributed by atoms with Crippen molar-refractivity contribution >= 4 is 23.2 Å². The zero-order chi connectivity index (χ0) is 15.2. The summed E-state index contributed by atoms with van der Waals surface area (Å²) in [6.45, 7) is 3.59. The van der Waals surface area contributed by atoms with E-state index in [4.69, 9.17) is 16.3 Å². The van der Waals surface area contributed by atoms with Crippen LogP contribution in [-0.2, 0) is 4.79 Å². The molecule has 1 unspecified atom stereocenters. The number of amides is 1. The van der Waals surface area contributed by atoms with Crippen molar-refractivity contribution in [1.82, 2.24) is 4.90 Å². The summed E-state index contributed by atoms with van der Waals surface area (Å²) in [6, 6.07) is 5.09. The van der Waals surface area contributed by atoms with E-state index in [0.717, 1.165) is 37.4 Å². The topological polar surface area (TPSA) is 41.6 Å². The molecule has 116 valence electrons. The molecule has 0 aromatic heterocycles. The number of carbonyl (C=O) groups is 1. The van der Waals surface area contributed by atoms with Gasteiger partial charge in [-0.05, 0) is 31.9 Å². The van der Waals surface area contributed by atoms with Crippen LogP contribution in [0.3, 0.4) is 0 Å². The van der Waals surface area contributed by atoms with E-state index in [2.05, 4.69) is 5.32 Å². The minimum atomic E-state index is -0.298. The zero-order valence-corrected chi connectivity index (χ0v) is 13.4. The Kier molecular flexibility index (Phi) is 5.74. The van der Waals surface area contributed by atoms with E-state index in [1.807, 2.05) is 17.9 Å². The minimum absolute atomic E-state index is 0.135. The number of benzene rings is 1. The molecule has 0 saturated carbocycles. The summed E-state index contributed by atoms with van der Waals surface area (Å²) in [5.41, 5.74) is 0.728. The first-order chi connectivity index (χ1) is 10.1. The fourth-order valence-electron chi connectivity index (χ4n) is 2.60. The van der Waals surface area contributed by atoms with Crippen molar-refractivity contribution in [2.45, 2.75) is 38.6 Å². The van der Waals surface area contributed by atoms with Crippen molar-refractivity contribution in [3.63, 3.8) is 0 Å². The van der Waals surface area contributed by atoms with Crippen LogP contribution in [-0.4, -0.2) is 37.0 Å². The van der Waals surface area contributed by atoms with Gasteiger partial charge in [0.1, 0.15) is 11.8 Å². The summed E-state index contributed by atoms with van der Waals surface area (Å²) >= 11 is 6.17. The molecule has 0 aliphatic carbocycles. The average Bonchev–Trinajstić information content (AvgIpc) is 2.77. The number of halogens is 1. The van der Waals surface area contributed by atoms with Crippen LogP contribution >= 0.6 is 11.6 Å². The van der Waals surface area contributed by atoms with Crippen LogP contribution in [0.2, 0.25) is 5.02 Å². The first kappa shape index (κ1) is 16.0. The van der Waals surface area contributed by atoms with Gasteiger partial charge >= 0.3 is 0 Å².